The van der Waals surface area contributed by atoms with Crippen molar-refractivity contribution in [2.24, 2.45) is 17.3 Å². The zero-order valence-corrected chi connectivity index (χ0v) is 10.8. The first kappa shape index (κ1) is 12.4. The number of aliphatic hydroxyl groups excluding tert-OH is 1. The van der Waals surface area contributed by atoms with Gasteiger partial charge in [0.2, 0.25) is 0 Å². The highest BCUT2D eigenvalue weighted by molar-refractivity contribution is 4.95. The molecule has 94 valence electrons. The second-order valence-electron chi connectivity index (χ2n) is 6.41. The maximum atomic E-state index is 9.29. The van der Waals surface area contributed by atoms with E-state index in [0.29, 0.717) is 12.6 Å². The van der Waals surface area contributed by atoms with Crippen molar-refractivity contribution in [3.8, 4) is 0 Å². The average Bonchev–Trinajstić information content (AvgIpc) is 3.07. The fourth-order valence-corrected chi connectivity index (χ4v) is 2.95. The average molecular weight is 225 g/mol. The van der Waals surface area contributed by atoms with Gasteiger partial charge in [0.05, 0.1) is 0 Å². The summed E-state index contributed by atoms with van der Waals surface area (Å²) < 4.78 is 0. The van der Waals surface area contributed by atoms with Crippen molar-refractivity contribution in [2.45, 2.75) is 58.4 Å². The standard InChI is InChI=1S/C14H27NO/c1-11(2)12-4-3-5-13(8-12)15-9-14(10-16)6-7-14/h11-13,15-16H,3-10H2,1-2H3. The number of hydrogen-bond acceptors (Lipinski definition) is 2. The molecule has 0 aromatic heterocycles. The van der Waals surface area contributed by atoms with Crippen LogP contribution in [0.1, 0.15) is 52.4 Å². The molecule has 2 rings (SSSR count). The summed E-state index contributed by atoms with van der Waals surface area (Å²) in [5.74, 6) is 1.74. The van der Waals surface area contributed by atoms with E-state index in [1.807, 2.05) is 0 Å². The Labute approximate surface area is 99.8 Å². The second kappa shape index (κ2) is 5.05. The highest BCUT2D eigenvalue weighted by Crippen LogP contribution is 2.44. The Morgan fingerprint density at radius 1 is 1.31 bits per heavy atom. The number of hydrogen-bond donors (Lipinski definition) is 2. The predicted octanol–water partition coefficient (Wildman–Crippen LogP) is 2.56. The summed E-state index contributed by atoms with van der Waals surface area (Å²) in [6.07, 6.45) is 7.92. The van der Waals surface area contributed by atoms with E-state index in [9.17, 15) is 5.11 Å². The van der Waals surface area contributed by atoms with Crippen LogP contribution in [0.15, 0.2) is 0 Å². The Morgan fingerprint density at radius 2 is 2.06 bits per heavy atom. The van der Waals surface area contributed by atoms with Gasteiger partial charge in [-0.05, 0) is 37.5 Å². The van der Waals surface area contributed by atoms with E-state index in [0.717, 1.165) is 18.4 Å². The van der Waals surface area contributed by atoms with Crippen LogP contribution in [0.25, 0.3) is 0 Å². The number of aliphatic hydroxyl groups is 1. The van der Waals surface area contributed by atoms with Crippen LogP contribution in [-0.2, 0) is 0 Å². The molecule has 2 N–H and O–H groups in total. The third kappa shape index (κ3) is 2.98. The molecule has 2 aliphatic carbocycles. The second-order valence-corrected chi connectivity index (χ2v) is 6.41. The normalized spacial score (nSPS) is 33.0. The van der Waals surface area contributed by atoms with Gasteiger partial charge in [-0.2, -0.15) is 0 Å². The van der Waals surface area contributed by atoms with Crippen LogP contribution >= 0.6 is 0 Å². The SMILES string of the molecule is CC(C)C1CCCC(NCC2(CO)CC2)C1. The van der Waals surface area contributed by atoms with Gasteiger partial charge in [0.1, 0.15) is 0 Å². The molecule has 0 spiro atoms. The summed E-state index contributed by atoms with van der Waals surface area (Å²) in [6.45, 7) is 6.12. The smallest absolute Gasteiger partial charge is 0.0499 e. The molecular formula is C14H27NO. The maximum absolute atomic E-state index is 9.29. The van der Waals surface area contributed by atoms with Crippen LogP contribution in [0.2, 0.25) is 0 Å². The van der Waals surface area contributed by atoms with Crippen molar-refractivity contribution in [2.75, 3.05) is 13.2 Å². The summed E-state index contributed by atoms with van der Waals surface area (Å²) in [7, 11) is 0. The molecule has 16 heavy (non-hydrogen) atoms. The van der Waals surface area contributed by atoms with Crippen molar-refractivity contribution in [1.82, 2.24) is 5.32 Å². The lowest BCUT2D eigenvalue weighted by molar-refractivity contribution is 0.185. The van der Waals surface area contributed by atoms with Gasteiger partial charge in [-0.25, -0.2) is 0 Å². The third-order valence-electron chi connectivity index (χ3n) is 4.72. The maximum Gasteiger partial charge on any atom is 0.0499 e. The van der Waals surface area contributed by atoms with Gasteiger partial charge in [0, 0.05) is 24.6 Å². The minimum Gasteiger partial charge on any atom is -0.396 e. The Balaban J connectivity index is 1.73. The molecule has 0 saturated heterocycles. The first-order valence-electron chi connectivity index (χ1n) is 6.99. The molecule has 2 fully saturated rings. The molecule has 0 bridgehead atoms. The molecule has 2 saturated carbocycles. The molecule has 2 nitrogen and oxygen atoms in total. The highest BCUT2D eigenvalue weighted by Gasteiger charge is 2.42. The van der Waals surface area contributed by atoms with E-state index < -0.39 is 0 Å². The van der Waals surface area contributed by atoms with E-state index in [1.165, 1.54) is 38.5 Å². The molecule has 2 heteroatoms. The summed E-state index contributed by atoms with van der Waals surface area (Å²) in [6, 6.07) is 0.713. The zero-order valence-electron chi connectivity index (χ0n) is 10.8. The van der Waals surface area contributed by atoms with Gasteiger partial charge in [0.25, 0.3) is 0 Å². The molecule has 0 aliphatic heterocycles. The molecule has 0 radical (unpaired) electrons. The Morgan fingerprint density at radius 3 is 2.62 bits per heavy atom. The minimum absolute atomic E-state index is 0.269. The van der Waals surface area contributed by atoms with Crippen LogP contribution in [0.5, 0.6) is 0 Å². The summed E-state index contributed by atoms with van der Waals surface area (Å²) in [4.78, 5) is 0. The van der Waals surface area contributed by atoms with Crippen molar-refractivity contribution < 1.29 is 5.11 Å². The number of nitrogens with one attached hydrogen (secondary N) is 1. The fraction of sp³-hybridized carbons (Fsp3) is 1.00. The van der Waals surface area contributed by atoms with Gasteiger partial charge in [0.15, 0.2) is 0 Å². The summed E-state index contributed by atoms with van der Waals surface area (Å²) in [5, 5.41) is 13.0. The molecule has 0 aromatic carbocycles. The van der Waals surface area contributed by atoms with Crippen molar-refractivity contribution in [3.63, 3.8) is 0 Å². The van der Waals surface area contributed by atoms with Gasteiger partial charge in [-0.15, -0.1) is 0 Å². The lowest BCUT2D eigenvalue weighted by atomic mass is 9.79. The quantitative estimate of drug-likeness (QED) is 0.753. The molecule has 0 amide bonds. The molecular weight excluding hydrogens is 198 g/mol. The minimum atomic E-state index is 0.269. The van der Waals surface area contributed by atoms with Gasteiger partial charge in [-0.1, -0.05) is 26.7 Å². The monoisotopic (exact) mass is 225 g/mol. The summed E-state index contributed by atoms with van der Waals surface area (Å²) >= 11 is 0. The van der Waals surface area contributed by atoms with Gasteiger partial charge in [-0.3, -0.25) is 0 Å². The van der Waals surface area contributed by atoms with Crippen LogP contribution in [-0.4, -0.2) is 24.3 Å². The van der Waals surface area contributed by atoms with E-state index in [-0.39, 0.29) is 5.41 Å². The third-order valence-corrected chi connectivity index (χ3v) is 4.72. The largest absolute Gasteiger partial charge is 0.396 e. The van der Waals surface area contributed by atoms with Crippen molar-refractivity contribution >= 4 is 0 Å². The van der Waals surface area contributed by atoms with Crippen molar-refractivity contribution in [3.05, 3.63) is 0 Å². The lowest BCUT2D eigenvalue weighted by Crippen LogP contribution is -2.39. The highest BCUT2D eigenvalue weighted by atomic mass is 16.3. The Bertz CT molecular complexity index is 223. The van der Waals surface area contributed by atoms with E-state index in [2.05, 4.69) is 19.2 Å². The predicted molar refractivity (Wildman–Crippen MR) is 67.3 cm³/mol. The van der Waals surface area contributed by atoms with Crippen LogP contribution in [0, 0.1) is 17.3 Å². The van der Waals surface area contributed by atoms with Gasteiger partial charge < -0.3 is 10.4 Å². The molecule has 0 aromatic rings. The van der Waals surface area contributed by atoms with E-state index >= 15 is 0 Å². The number of rotatable bonds is 5. The van der Waals surface area contributed by atoms with Crippen LogP contribution in [0.3, 0.4) is 0 Å². The van der Waals surface area contributed by atoms with Crippen molar-refractivity contribution in [1.29, 1.82) is 0 Å². The van der Waals surface area contributed by atoms with Gasteiger partial charge >= 0.3 is 0 Å². The fourth-order valence-electron chi connectivity index (χ4n) is 2.95. The molecule has 2 aliphatic rings. The first-order chi connectivity index (χ1) is 7.65. The van der Waals surface area contributed by atoms with E-state index in [1.54, 1.807) is 0 Å². The first-order valence-corrected chi connectivity index (χ1v) is 6.99. The zero-order chi connectivity index (χ0) is 11.6. The van der Waals surface area contributed by atoms with Crippen LogP contribution in [0.4, 0.5) is 0 Å². The Kier molecular flexibility index (Phi) is 3.91. The molecule has 2 unspecified atom stereocenters. The van der Waals surface area contributed by atoms with E-state index in [4.69, 9.17) is 0 Å². The molecule has 2 atom stereocenters. The summed E-state index contributed by atoms with van der Waals surface area (Å²) in [5.41, 5.74) is 0.269. The lowest BCUT2D eigenvalue weighted by Gasteiger charge is -2.33. The van der Waals surface area contributed by atoms with Crippen LogP contribution < -0.4 is 5.32 Å². The topological polar surface area (TPSA) is 32.3 Å². The Hall–Kier alpha value is -0.0800. The molecule has 0 heterocycles.